The molecule has 7 heteroatoms. The summed E-state index contributed by atoms with van der Waals surface area (Å²) in [5.74, 6) is -0.771. The summed E-state index contributed by atoms with van der Waals surface area (Å²) in [5.41, 5.74) is 2.12. The Bertz CT molecular complexity index is 799. The van der Waals surface area contributed by atoms with E-state index in [1.165, 1.54) is 25.1 Å². The summed E-state index contributed by atoms with van der Waals surface area (Å²) in [5, 5.41) is 2.63. The minimum Gasteiger partial charge on any atom is -0.489 e. The molecule has 0 aliphatic rings. The van der Waals surface area contributed by atoms with E-state index < -0.39 is 11.7 Å². The molecule has 25 heavy (non-hydrogen) atoms. The lowest BCUT2D eigenvalue weighted by molar-refractivity contribution is 0.101. The summed E-state index contributed by atoms with van der Waals surface area (Å²) < 4.78 is 24.0. The number of hydrogen-bond donors (Lipinski definition) is 2. The van der Waals surface area contributed by atoms with Gasteiger partial charge in [-0.05, 0) is 38.5 Å². The van der Waals surface area contributed by atoms with Gasteiger partial charge in [-0.15, -0.1) is 0 Å². The highest BCUT2D eigenvalue weighted by molar-refractivity contribution is 6.08. The van der Waals surface area contributed by atoms with E-state index in [9.17, 15) is 14.0 Å². The molecule has 6 nitrogen and oxygen atoms in total. The summed E-state index contributed by atoms with van der Waals surface area (Å²) in [7, 11) is 1.54. The summed E-state index contributed by atoms with van der Waals surface area (Å²) in [4.78, 5) is 27.2. The molecule has 2 N–H and O–H groups in total. The summed E-state index contributed by atoms with van der Waals surface area (Å²) >= 11 is 0. The highest BCUT2D eigenvalue weighted by atomic mass is 19.1. The Balaban J connectivity index is 2.27. The van der Waals surface area contributed by atoms with Crippen LogP contribution in [0.1, 0.15) is 39.0 Å². The number of methoxy groups -OCH3 is 1. The standard InChI is InChI=1S/C18H21FN2O4/c1-10-16(12(3)22)11(2)20-17(10)18(23)21-14-9-13(19)5-6-15(14)25-8-7-24-4/h5-6,9,20H,7-8H2,1-4H3,(H,21,23). The molecule has 0 unspecified atom stereocenters. The van der Waals surface area contributed by atoms with Crippen LogP contribution in [0.5, 0.6) is 5.75 Å². The van der Waals surface area contributed by atoms with E-state index in [-0.39, 0.29) is 23.8 Å². The van der Waals surface area contributed by atoms with Crippen molar-refractivity contribution in [2.45, 2.75) is 20.8 Å². The van der Waals surface area contributed by atoms with E-state index in [1.807, 2.05) is 0 Å². The molecule has 0 atom stereocenters. The van der Waals surface area contributed by atoms with Crippen LogP contribution < -0.4 is 10.1 Å². The zero-order valence-electron chi connectivity index (χ0n) is 14.7. The number of aryl methyl sites for hydroxylation is 1. The molecule has 0 spiro atoms. The smallest absolute Gasteiger partial charge is 0.272 e. The lowest BCUT2D eigenvalue weighted by atomic mass is 10.1. The number of ether oxygens (including phenoxy) is 2. The number of hydrogen-bond acceptors (Lipinski definition) is 4. The Morgan fingerprint density at radius 3 is 2.56 bits per heavy atom. The second-order valence-electron chi connectivity index (χ2n) is 5.62. The largest absolute Gasteiger partial charge is 0.489 e. The molecular formula is C18H21FN2O4. The molecule has 134 valence electrons. The van der Waals surface area contributed by atoms with Gasteiger partial charge in [0.05, 0.1) is 12.3 Å². The van der Waals surface area contributed by atoms with Crippen LogP contribution in [0.3, 0.4) is 0 Å². The van der Waals surface area contributed by atoms with Crippen LogP contribution in [0.2, 0.25) is 0 Å². The predicted octanol–water partition coefficient (Wildman–Crippen LogP) is 3.25. The number of nitrogens with one attached hydrogen (secondary N) is 2. The SMILES string of the molecule is COCCOc1ccc(F)cc1NC(=O)c1[nH]c(C)c(C(C)=O)c1C. The van der Waals surface area contributed by atoms with Crippen LogP contribution in [-0.2, 0) is 4.74 Å². The molecule has 2 aromatic rings. The first kappa shape index (κ1) is 18.7. The minimum atomic E-state index is -0.502. The third-order valence-corrected chi connectivity index (χ3v) is 3.75. The minimum absolute atomic E-state index is 0.125. The third kappa shape index (κ3) is 4.24. The molecule has 0 aliphatic heterocycles. The van der Waals surface area contributed by atoms with E-state index in [1.54, 1.807) is 21.0 Å². The van der Waals surface area contributed by atoms with E-state index in [2.05, 4.69) is 10.3 Å². The average molecular weight is 348 g/mol. The number of ketones is 1. The van der Waals surface area contributed by atoms with Crippen molar-refractivity contribution in [1.82, 2.24) is 4.98 Å². The molecule has 1 amide bonds. The number of halogens is 1. The third-order valence-electron chi connectivity index (χ3n) is 3.75. The van der Waals surface area contributed by atoms with Gasteiger partial charge in [0, 0.05) is 24.4 Å². The van der Waals surface area contributed by atoms with E-state index in [0.29, 0.717) is 29.2 Å². The maximum Gasteiger partial charge on any atom is 0.272 e. The lowest BCUT2D eigenvalue weighted by Crippen LogP contribution is -2.15. The first-order valence-electron chi connectivity index (χ1n) is 7.77. The van der Waals surface area contributed by atoms with Gasteiger partial charge in [0.15, 0.2) is 5.78 Å². The van der Waals surface area contributed by atoms with Crippen LogP contribution in [0.25, 0.3) is 0 Å². The van der Waals surface area contributed by atoms with Crippen molar-refractivity contribution < 1.29 is 23.5 Å². The summed E-state index contributed by atoms with van der Waals surface area (Å²) in [6.07, 6.45) is 0. The van der Waals surface area contributed by atoms with Gasteiger partial charge in [-0.25, -0.2) is 4.39 Å². The van der Waals surface area contributed by atoms with Crippen molar-refractivity contribution in [3.05, 3.63) is 46.5 Å². The second-order valence-corrected chi connectivity index (χ2v) is 5.62. The van der Waals surface area contributed by atoms with E-state index >= 15 is 0 Å². The predicted molar refractivity (Wildman–Crippen MR) is 92.0 cm³/mol. The van der Waals surface area contributed by atoms with Crippen molar-refractivity contribution >= 4 is 17.4 Å². The van der Waals surface area contributed by atoms with Gasteiger partial charge in [0.2, 0.25) is 0 Å². The quantitative estimate of drug-likeness (QED) is 0.594. The van der Waals surface area contributed by atoms with Gasteiger partial charge in [0.25, 0.3) is 5.91 Å². The molecule has 2 rings (SSSR count). The van der Waals surface area contributed by atoms with E-state index in [4.69, 9.17) is 9.47 Å². The zero-order chi connectivity index (χ0) is 18.6. The van der Waals surface area contributed by atoms with Crippen LogP contribution in [0.4, 0.5) is 10.1 Å². The number of amides is 1. The maximum atomic E-state index is 13.6. The Morgan fingerprint density at radius 1 is 1.24 bits per heavy atom. The molecule has 1 heterocycles. The van der Waals surface area contributed by atoms with Crippen molar-refractivity contribution in [2.24, 2.45) is 0 Å². The van der Waals surface area contributed by atoms with Crippen LogP contribution in [-0.4, -0.2) is 37.0 Å². The molecule has 1 aromatic heterocycles. The van der Waals surface area contributed by atoms with Crippen molar-refractivity contribution in [2.75, 3.05) is 25.6 Å². The fourth-order valence-electron chi connectivity index (χ4n) is 2.65. The maximum absolute atomic E-state index is 13.6. The summed E-state index contributed by atoms with van der Waals surface area (Å²) in [6.45, 7) is 5.49. The van der Waals surface area contributed by atoms with Gasteiger partial charge in [-0.1, -0.05) is 0 Å². The Labute approximate surface area is 145 Å². The first-order valence-corrected chi connectivity index (χ1v) is 7.77. The molecule has 0 saturated carbocycles. The topological polar surface area (TPSA) is 80.4 Å². The number of carbonyl (C=O) groups excluding carboxylic acids is 2. The van der Waals surface area contributed by atoms with Crippen molar-refractivity contribution in [3.8, 4) is 5.75 Å². The molecule has 0 aliphatic carbocycles. The Hall–Kier alpha value is -2.67. The number of H-pyrrole nitrogens is 1. The van der Waals surface area contributed by atoms with Gasteiger partial charge < -0.3 is 19.8 Å². The zero-order valence-corrected chi connectivity index (χ0v) is 14.7. The Morgan fingerprint density at radius 2 is 1.96 bits per heavy atom. The molecule has 0 fully saturated rings. The molecule has 0 bridgehead atoms. The van der Waals surface area contributed by atoms with Crippen LogP contribution in [0, 0.1) is 19.7 Å². The highest BCUT2D eigenvalue weighted by Crippen LogP contribution is 2.27. The van der Waals surface area contributed by atoms with Crippen LogP contribution >= 0.6 is 0 Å². The number of Topliss-reactive ketones (excluding diaryl/α,β-unsaturated/α-hetero) is 1. The fourth-order valence-corrected chi connectivity index (χ4v) is 2.65. The van der Waals surface area contributed by atoms with Gasteiger partial charge in [-0.2, -0.15) is 0 Å². The number of rotatable bonds is 7. The number of aromatic nitrogens is 1. The van der Waals surface area contributed by atoms with E-state index in [0.717, 1.165) is 0 Å². The lowest BCUT2D eigenvalue weighted by Gasteiger charge is -2.12. The summed E-state index contributed by atoms with van der Waals surface area (Å²) in [6, 6.07) is 3.86. The molecule has 1 aromatic carbocycles. The molecule has 0 saturated heterocycles. The number of aromatic amines is 1. The average Bonchev–Trinajstić information content (AvgIpc) is 2.84. The highest BCUT2D eigenvalue weighted by Gasteiger charge is 2.21. The number of carbonyl (C=O) groups is 2. The monoisotopic (exact) mass is 348 g/mol. The van der Waals surface area contributed by atoms with Crippen molar-refractivity contribution in [1.29, 1.82) is 0 Å². The normalized spacial score (nSPS) is 10.6. The number of anilines is 1. The first-order chi connectivity index (χ1) is 11.8. The molecular weight excluding hydrogens is 327 g/mol. The van der Waals surface area contributed by atoms with Gasteiger partial charge in [-0.3, -0.25) is 9.59 Å². The van der Waals surface area contributed by atoms with Gasteiger partial charge in [0.1, 0.15) is 23.9 Å². The van der Waals surface area contributed by atoms with Gasteiger partial charge >= 0.3 is 0 Å². The van der Waals surface area contributed by atoms with Crippen molar-refractivity contribution in [3.63, 3.8) is 0 Å². The molecule has 0 radical (unpaired) electrons. The second kappa shape index (κ2) is 7.94. The van der Waals surface area contributed by atoms with Crippen LogP contribution in [0.15, 0.2) is 18.2 Å². The fraction of sp³-hybridized carbons (Fsp3) is 0.333. The number of benzene rings is 1. The Kier molecular flexibility index (Phi) is 5.93.